The highest BCUT2D eigenvalue weighted by molar-refractivity contribution is 6.01. The predicted octanol–water partition coefficient (Wildman–Crippen LogP) is 1.78. The van der Waals surface area contributed by atoms with Gasteiger partial charge in [0.25, 0.3) is 0 Å². The van der Waals surface area contributed by atoms with Gasteiger partial charge in [0.05, 0.1) is 14.2 Å². The molecule has 0 saturated heterocycles. The second-order valence-electron chi connectivity index (χ2n) is 4.06. The van der Waals surface area contributed by atoms with Crippen LogP contribution in [-0.4, -0.2) is 25.3 Å². The molecule has 0 aliphatic heterocycles. The van der Waals surface area contributed by atoms with Crippen LogP contribution in [0.3, 0.4) is 0 Å². The summed E-state index contributed by atoms with van der Waals surface area (Å²) < 4.78 is 10.5. The van der Waals surface area contributed by atoms with E-state index in [2.05, 4.69) is 5.16 Å². The number of ether oxygens (including phenoxy) is 2. The zero-order valence-corrected chi connectivity index (χ0v) is 10.4. The lowest BCUT2D eigenvalue weighted by atomic mass is 9.91. The zero-order valence-electron chi connectivity index (χ0n) is 10.4. The van der Waals surface area contributed by atoms with Crippen molar-refractivity contribution in [3.05, 3.63) is 28.8 Å². The number of nitrogens with zero attached hydrogens (tertiary/aromatic N) is 1. The molecule has 5 heteroatoms. The van der Waals surface area contributed by atoms with E-state index in [1.165, 1.54) is 5.56 Å². The summed E-state index contributed by atoms with van der Waals surface area (Å²) in [5, 5.41) is 11.7. The number of amidine groups is 1. The Kier molecular flexibility index (Phi) is 3.41. The molecule has 1 aromatic rings. The van der Waals surface area contributed by atoms with Crippen LogP contribution in [0.5, 0.6) is 11.5 Å². The summed E-state index contributed by atoms with van der Waals surface area (Å²) in [6.07, 6.45) is 3.49. The molecule has 0 fully saturated rings. The fourth-order valence-corrected chi connectivity index (χ4v) is 2.08. The van der Waals surface area contributed by atoms with Crippen LogP contribution in [0, 0.1) is 0 Å². The summed E-state index contributed by atoms with van der Waals surface area (Å²) in [6, 6.07) is 3.87. The van der Waals surface area contributed by atoms with Gasteiger partial charge in [-0.2, -0.15) is 0 Å². The number of rotatable bonds is 3. The lowest BCUT2D eigenvalue weighted by Gasteiger charge is -2.18. The van der Waals surface area contributed by atoms with Crippen LogP contribution >= 0.6 is 0 Å². The van der Waals surface area contributed by atoms with Gasteiger partial charge in [-0.05, 0) is 47.8 Å². The Labute approximate surface area is 106 Å². The summed E-state index contributed by atoms with van der Waals surface area (Å²) in [6.45, 7) is 0. The first-order chi connectivity index (χ1) is 8.69. The first-order valence-electron chi connectivity index (χ1n) is 5.63. The summed E-state index contributed by atoms with van der Waals surface area (Å²) >= 11 is 0. The molecule has 0 amide bonds. The molecule has 0 unspecified atom stereocenters. The van der Waals surface area contributed by atoms with Gasteiger partial charge in [0.2, 0.25) is 0 Å². The van der Waals surface area contributed by atoms with Crippen molar-refractivity contribution < 1.29 is 14.7 Å². The molecule has 96 valence electrons. The summed E-state index contributed by atoms with van der Waals surface area (Å²) in [7, 11) is 3.21. The van der Waals surface area contributed by atoms with Gasteiger partial charge in [0.15, 0.2) is 17.3 Å². The number of fused-ring (bicyclic) bond motifs is 1. The Bertz CT molecular complexity index is 521. The van der Waals surface area contributed by atoms with Crippen LogP contribution in [0.2, 0.25) is 0 Å². The maximum absolute atomic E-state index is 8.70. The minimum Gasteiger partial charge on any atom is -0.493 e. The zero-order chi connectivity index (χ0) is 13.1. The van der Waals surface area contributed by atoms with Gasteiger partial charge < -0.3 is 20.4 Å². The molecule has 18 heavy (non-hydrogen) atoms. The molecule has 0 spiro atoms. The first kappa shape index (κ1) is 12.3. The second-order valence-corrected chi connectivity index (χ2v) is 4.06. The van der Waals surface area contributed by atoms with Crippen LogP contribution in [0.1, 0.15) is 17.5 Å². The quantitative estimate of drug-likeness (QED) is 0.370. The van der Waals surface area contributed by atoms with Crippen LogP contribution in [-0.2, 0) is 6.42 Å². The van der Waals surface area contributed by atoms with Crippen molar-refractivity contribution in [1.82, 2.24) is 0 Å². The summed E-state index contributed by atoms with van der Waals surface area (Å²) in [5.74, 6) is 1.56. The van der Waals surface area contributed by atoms with Crippen molar-refractivity contribution in [2.24, 2.45) is 10.9 Å². The minimum absolute atomic E-state index is 0.162. The number of nitrogens with two attached hydrogens (primary N) is 1. The molecule has 1 aliphatic carbocycles. The molecule has 1 aliphatic rings. The number of hydrogen-bond donors (Lipinski definition) is 2. The largest absolute Gasteiger partial charge is 0.493 e. The number of aryl methyl sites for hydroxylation is 1. The van der Waals surface area contributed by atoms with Gasteiger partial charge in [0, 0.05) is 0 Å². The Morgan fingerprint density at radius 1 is 1.22 bits per heavy atom. The molecule has 0 radical (unpaired) electrons. The Morgan fingerprint density at radius 3 is 2.50 bits per heavy atom. The van der Waals surface area contributed by atoms with E-state index in [1.807, 2.05) is 18.2 Å². The molecule has 0 bridgehead atoms. The molecular weight excluding hydrogens is 232 g/mol. The first-order valence-corrected chi connectivity index (χ1v) is 5.63. The van der Waals surface area contributed by atoms with Gasteiger partial charge in [0.1, 0.15) is 0 Å². The van der Waals surface area contributed by atoms with Crippen LogP contribution in [0.4, 0.5) is 0 Å². The Balaban J connectivity index is 2.47. The van der Waals surface area contributed by atoms with Gasteiger partial charge in [-0.3, -0.25) is 0 Å². The van der Waals surface area contributed by atoms with E-state index in [1.54, 1.807) is 14.2 Å². The SMILES string of the molecule is COc1cc2c(cc1OC)CCC(C(N)=NO)=C2. The fourth-order valence-electron chi connectivity index (χ4n) is 2.08. The lowest BCUT2D eigenvalue weighted by Crippen LogP contribution is -2.17. The van der Waals surface area contributed by atoms with E-state index < -0.39 is 0 Å². The van der Waals surface area contributed by atoms with E-state index in [-0.39, 0.29) is 5.84 Å². The molecule has 0 atom stereocenters. The van der Waals surface area contributed by atoms with Gasteiger partial charge in [-0.15, -0.1) is 0 Å². The normalized spacial score (nSPS) is 14.8. The monoisotopic (exact) mass is 248 g/mol. The van der Waals surface area contributed by atoms with Crippen LogP contribution < -0.4 is 15.2 Å². The Hall–Kier alpha value is -2.17. The van der Waals surface area contributed by atoms with Gasteiger partial charge in [-0.1, -0.05) is 5.16 Å². The maximum atomic E-state index is 8.70. The van der Waals surface area contributed by atoms with Crippen molar-refractivity contribution >= 4 is 11.9 Å². The number of hydrogen-bond acceptors (Lipinski definition) is 4. The van der Waals surface area contributed by atoms with Crippen LogP contribution in [0.25, 0.3) is 6.08 Å². The van der Waals surface area contributed by atoms with E-state index in [4.69, 9.17) is 20.4 Å². The highest BCUT2D eigenvalue weighted by atomic mass is 16.5. The second kappa shape index (κ2) is 5.00. The van der Waals surface area contributed by atoms with Crippen molar-refractivity contribution in [2.45, 2.75) is 12.8 Å². The molecule has 0 saturated carbocycles. The van der Waals surface area contributed by atoms with E-state index >= 15 is 0 Å². The molecule has 1 aromatic carbocycles. The van der Waals surface area contributed by atoms with Crippen molar-refractivity contribution in [3.63, 3.8) is 0 Å². The summed E-state index contributed by atoms with van der Waals surface area (Å²) in [4.78, 5) is 0. The number of benzene rings is 1. The highest BCUT2D eigenvalue weighted by Crippen LogP contribution is 2.34. The molecule has 3 N–H and O–H groups in total. The third-order valence-electron chi connectivity index (χ3n) is 3.08. The van der Waals surface area contributed by atoms with Gasteiger partial charge >= 0.3 is 0 Å². The number of oxime groups is 1. The minimum atomic E-state index is 0.162. The molecule has 0 aromatic heterocycles. The Morgan fingerprint density at radius 2 is 1.89 bits per heavy atom. The van der Waals surface area contributed by atoms with E-state index in [0.717, 1.165) is 29.7 Å². The van der Waals surface area contributed by atoms with E-state index in [9.17, 15) is 0 Å². The van der Waals surface area contributed by atoms with Crippen molar-refractivity contribution in [1.29, 1.82) is 0 Å². The predicted molar refractivity (Wildman–Crippen MR) is 69.3 cm³/mol. The third kappa shape index (κ3) is 2.11. The highest BCUT2D eigenvalue weighted by Gasteiger charge is 2.16. The fraction of sp³-hybridized carbons (Fsp3) is 0.308. The topological polar surface area (TPSA) is 77.1 Å². The van der Waals surface area contributed by atoms with E-state index in [0.29, 0.717) is 5.75 Å². The lowest BCUT2D eigenvalue weighted by molar-refractivity contribution is 0.318. The summed E-state index contributed by atoms with van der Waals surface area (Å²) in [5.41, 5.74) is 8.62. The molecule has 5 nitrogen and oxygen atoms in total. The standard InChI is InChI=1S/C13H16N2O3/c1-17-11-6-8-3-4-9(13(14)15-16)5-10(8)7-12(11)18-2/h5-7,16H,3-4H2,1-2H3,(H2,14,15). The van der Waals surface area contributed by atoms with Crippen molar-refractivity contribution in [3.8, 4) is 11.5 Å². The average molecular weight is 248 g/mol. The number of methoxy groups -OCH3 is 2. The molecule has 2 rings (SSSR count). The average Bonchev–Trinajstić information content (AvgIpc) is 2.44. The maximum Gasteiger partial charge on any atom is 0.166 e. The smallest absolute Gasteiger partial charge is 0.166 e. The molecular formula is C13H16N2O3. The van der Waals surface area contributed by atoms with Crippen LogP contribution in [0.15, 0.2) is 22.9 Å². The van der Waals surface area contributed by atoms with Crippen molar-refractivity contribution in [2.75, 3.05) is 14.2 Å². The van der Waals surface area contributed by atoms with Gasteiger partial charge in [-0.25, -0.2) is 0 Å². The molecule has 0 heterocycles. The third-order valence-corrected chi connectivity index (χ3v) is 3.08.